The van der Waals surface area contributed by atoms with E-state index >= 15 is 0 Å². The van der Waals surface area contributed by atoms with Gasteiger partial charge < -0.3 is 9.47 Å². The average molecular weight is 462 g/mol. The molecule has 6 rings (SSSR count). The summed E-state index contributed by atoms with van der Waals surface area (Å²) in [5.41, 5.74) is 3.20. The second-order valence-electron chi connectivity index (χ2n) is 8.91. The van der Waals surface area contributed by atoms with Crippen molar-refractivity contribution in [2.75, 3.05) is 6.54 Å². The van der Waals surface area contributed by atoms with Crippen molar-refractivity contribution in [1.82, 2.24) is 14.5 Å². The van der Waals surface area contributed by atoms with E-state index in [0.717, 1.165) is 34.7 Å². The Hall–Kier alpha value is -2.40. The fourth-order valence-corrected chi connectivity index (χ4v) is 6.32. The van der Waals surface area contributed by atoms with E-state index in [2.05, 4.69) is 85.1 Å². The summed E-state index contributed by atoms with van der Waals surface area (Å²) < 4.78 is 3.34. The van der Waals surface area contributed by atoms with E-state index < -0.39 is 5.54 Å². The molecule has 1 aliphatic carbocycles. The van der Waals surface area contributed by atoms with Crippen molar-refractivity contribution in [3.05, 3.63) is 76.5 Å². The highest BCUT2D eigenvalue weighted by Crippen LogP contribution is 2.50. The first-order valence-electron chi connectivity index (χ1n) is 10.9. The molecule has 30 heavy (non-hydrogen) atoms. The Morgan fingerprint density at radius 2 is 1.97 bits per heavy atom. The van der Waals surface area contributed by atoms with Crippen LogP contribution in [0.15, 0.2) is 65.4 Å². The maximum absolute atomic E-state index is 13.3. The van der Waals surface area contributed by atoms with E-state index in [4.69, 9.17) is 0 Å². The van der Waals surface area contributed by atoms with Gasteiger partial charge in [0.15, 0.2) is 0 Å². The lowest BCUT2D eigenvalue weighted by atomic mass is 9.79. The van der Waals surface area contributed by atoms with Gasteiger partial charge >= 0.3 is 0 Å². The first kappa shape index (κ1) is 18.4. The van der Waals surface area contributed by atoms with Crippen LogP contribution in [0, 0.1) is 5.92 Å². The van der Waals surface area contributed by atoms with Gasteiger partial charge in [-0.3, -0.25) is 4.79 Å². The maximum Gasteiger partial charge on any atom is 0.222 e. The van der Waals surface area contributed by atoms with E-state index in [9.17, 15) is 4.79 Å². The smallest absolute Gasteiger partial charge is 0.222 e. The summed E-state index contributed by atoms with van der Waals surface area (Å²) in [5.74, 6) is 2.03. The SMILES string of the molecule is O=C(CCC1(c2ccc(Br)cc2)c2ccccc2-c2nccn21)N1CC2CCC1C2. The topological polar surface area (TPSA) is 38.1 Å². The number of fused-ring (bicyclic) bond motifs is 5. The molecule has 3 aliphatic rings. The molecule has 0 radical (unpaired) electrons. The largest absolute Gasteiger partial charge is 0.339 e. The molecule has 3 aromatic rings. The highest BCUT2D eigenvalue weighted by atomic mass is 79.9. The van der Waals surface area contributed by atoms with Gasteiger partial charge in [-0.25, -0.2) is 4.98 Å². The number of nitrogens with zero attached hydrogens (tertiary/aromatic N) is 3. The lowest BCUT2D eigenvalue weighted by Crippen LogP contribution is -2.40. The molecular weight excluding hydrogens is 438 g/mol. The molecule has 3 heterocycles. The number of carbonyl (C=O) groups excluding carboxylic acids is 1. The summed E-state index contributed by atoms with van der Waals surface area (Å²) in [6.45, 7) is 0.960. The molecule has 1 saturated heterocycles. The summed E-state index contributed by atoms with van der Waals surface area (Å²) in [6.07, 6.45) is 8.91. The number of hydrogen-bond acceptors (Lipinski definition) is 2. The van der Waals surface area contributed by atoms with E-state index in [1.165, 1.54) is 30.4 Å². The molecule has 1 aromatic heterocycles. The Kier molecular flexibility index (Phi) is 4.17. The van der Waals surface area contributed by atoms with Gasteiger partial charge in [-0.2, -0.15) is 0 Å². The van der Waals surface area contributed by atoms with Crippen LogP contribution < -0.4 is 0 Å². The molecule has 0 spiro atoms. The standard InChI is InChI=1S/C25H24BrN3O/c26-19-8-6-18(7-9-19)25(12-11-23(30)28-16-17-5-10-20(28)15-17)22-4-2-1-3-21(22)24-27-13-14-29(24)25/h1-4,6-9,13-14,17,20H,5,10-12,15-16H2. The minimum Gasteiger partial charge on any atom is -0.339 e. The Balaban J connectivity index is 1.42. The normalized spacial score (nSPS) is 26.1. The Labute approximate surface area is 185 Å². The van der Waals surface area contributed by atoms with Crippen LogP contribution in [0.3, 0.4) is 0 Å². The Morgan fingerprint density at radius 1 is 1.13 bits per heavy atom. The molecule has 0 N–H and O–H groups in total. The van der Waals surface area contributed by atoms with Crippen molar-refractivity contribution in [2.24, 2.45) is 5.92 Å². The number of likely N-dealkylation sites (tertiary alicyclic amines) is 1. The van der Waals surface area contributed by atoms with Crippen molar-refractivity contribution in [1.29, 1.82) is 0 Å². The van der Waals surface area contributed by atoms with Crippen LogP contribution in [-0.2, 0) is 10.3 Å². The third-order valence-electron chi connectivity index (χ3n) is 7.42. The molecule has 2 aromatic carbocycles. The Morgan fingerprint density at radius 3 is 2.73 bits per heavy atom. The molecule has 3 unspecified atom stereocenters. The number of halogens is 1. The van der Waals surface area contributed by atoms with Gasteiger partial charge in [0.25, 0.3) is 0 Å². The molecular formula is C25H24BrN3O. The highest BCUT2D eigenvalue weighted by molar-refractivity contribution is 9.10. The first-order valence-corrected chi connectivity index (χ1v) is 11.7. The number of benzene rings is 2. The fraction of sp³-hybridized carbons (Fsp3) is 0.360. The minimum absolute atomic E-state index is 0.310. The summed E-state index contributed by atoms with van der Waals surface area (Å²) in [7, 11) is 0. The zero-order chi connectivity index (χ0) is 20.3. The van der Waals surface area contributed by atoms with Crippen molar-refractivity contribution in [3.63, 3.8) is 0 Å². The van der Waals surface area contributed by atoms with E-state index in [-0.39, 0.29) is 0 Å². The van der Waals surface area contributed by atoms with Crippen LogP contribution in [0.4, 0.5) is 0 Å². The molecule has 4 nitrogen and oxygen atoms in total. The molecule has 152 valence electrons. The maximum atomic E-state index is 13.3. The number of carbonyl (C=O) groups is 1. The van der Waals surface area contributed by atoms with Crippen molar-refractivity contribution >= 4 is 21.8 Å². The number of amides is 1. The van der Waals surface area contributed by atoms with E-state index in [0.29, 0.717) is 18.4 Å². The second-order valence-corrected chi connectivity index (χ2v) is 9.83. The first-order chi connectivity index (χ1) is 14.7. The third kappa shape index (κ3) is 2.57. The van der Waals surface area contributed by atoms with Crippen LogP contribution in [0.25, 0.3) is 11.4 Å². The molecule has 2 fully saturated rings. The van der Waals surface area contributed by atoms with Crippen LogP contribution in [0.2, 0.25) is 0 Å². The zero-order valence-corrected chi connectivity index (χ0v) is 18.4. The van der Waals surface area contributed by atoms with Crippen LogP contribution in [-0.4, -0.2) is 32.9 Å². The monoisotopic (exact) mass is 461 g/mol. The van der Waals surface area contributed by atoms with Gasteiger partial charge in [0.1, 0.15) is 5.82 Å². The number of imidazole rings is 1. The van der Waals surface area contributed by atoms with Gasteiger partial charge in [0, 0.05) is 41.4 Å². The van der Waals surface area contributed by atoms with Crippen LogP contribution >= 0.6 is 15.9 Å². The highest BCUT2D eigenvalue weighted by Gasteiger charge is 2.46. The number of hydrogen-bond donors (Lipinski definition) is 0. The quantitative estimate of drug-likeness (QED) is 0.534. The number of aromatic nitrogens is 2. The average Bonchev–Trinajstić information content (AvgIpc) is 3.55. The minimum atomic E-state index is -0.405. The zero-order valence-electron chi connectivity index (χ0n) is 16.8. The molecule has 1 saturated carbocycles. The molecule has 5 heteroatoms. The van der Waals surface area contributed by atoms with Gasteiger partial charge in [-0.05, 0) is 54.9 Å². The summed E-state index contributed by atoms with van der Waals surface area (Å²) >= 11 is 3.57. The predicted molar refractivity (Wildman–Crippen MR) is 120 cm³/mol. The third-order valence-corrected chi connectivity index (χ3v) is 7.95. The van der Waals surface area contributed by atoms with E-state index in [1.54, 1.807) is 0 Å². The van der Waals surface area contributed by atoms with Gasteiger partial charge in [0.2, 0.25) is 5.91 Å². The van der Waals surface area contributed by atoms with Gasteiger partial charge in [-0.15, -0.1) is 0 Å². The molecule has 2 aliphatic heterocycles. The summed E-state index contributed by atoms with van der Waals surface area (Å²) in [5, 5.41) is 0. The molecule has 3 atom stereocenters. The van der Waals surface area contributed by atoms with Crippen molar-refractivity contribution in [3.8, 4) is 11.4 Å². The van der Waals surface area contributed by atoms with Crippen molar-refractivity contribution in [2.45, 2.75) is 43.7 Å². The fourth-order valence-electron chi connectivity index (χ4n) is 6.06. The second kappa shape index (κ2) is 6.81. The van der Waals surface area contributed by atoms with Crippen molar-refractivity contribution < 1.29 is 4.79 Å². The lowest BCUT2D eigenvalue weighted by Gasteiger charge is -2.35. The predicted octanol–water partition coefficient (Wildman–Crippen LogP) is 5.21. The molecule has 2 bridgehead atoms. The number of rotatable bonds is 4. The lowest BCUT2D eigenvalue weighted by molar-refractivity contribution is -0.133. The van der Waals surface area contributed by atoms with E-state index in [1.807, 2.05) is 6.20 Å². The molecule has 1 amide bonds. The summed E-state index contributed by atoms with van der Waals surface area (Å²) in [6, 6.07) is 17.5. The van der Waals surface area contributed by atoms with Crippen LogP contribution in [0.5, 0.6) is 0 Å². The van der Waals surface area contributed by atoms with Crippen LogP contribution in [0.1, 0.15) is 43.2 Å². The Bertz CT molecular complexity index is 1120. The van der Waals surface area contributed by atoms with Gasteiger partial charge in [-0.1, -0.05) is 52.3 Å². The summed E-state index contributed by atoms with van der Waals surface area (Å²) in [4.78, 5) is 20.1. The van der Waals surface area contributed by atoms with Gasteiger partial charge in [0.05, 0.1) is 5.54 Å². The number of piperidine rings is 1.